The van der Waals surface area contributed by atoms with Gasteiger partial charge >= 0.3 is 5.97 Å². The van der Waals surface area contributed by atoms with Crippen LogP contribution < -0.4 is 5.32 Å². The molecule has 0 radical (unpaired) electrons. The molecule has 0 aliphatic carbocycles. The van der Waals surface area contributed by atoms with Crippen molar-refractivity contribution in [3.8, 4) is 0 Å². The maximum atomic E-state index is 10.4. The number of aryl methyl sites for hydroxylation is 1. The van der Waals surface area contributed by atoms with Gasteiger partial charge in [-0.25, -0.2) is 0 Å². The van der Waals surface area contributed by atoms with Crippen LogP contribution in [0, 0.1) is 6.92 Å². The number of thiophene rings is 1. The van der Waals surface area contributed by atoms with Crippen molar-refractivity contribution in [2.24, 2.45) is 0 Å². The van der Waals surface area contributed by atoms with Gasteiger partial charge in [-0.15, -0.1) is 11.3 Å². The van der Waals surface area contributed by atoms with E-state index in [2.05, 4.69) is 24.4 Å². The Morgan fingerprint density at radius 2 is 2.24 bits per heavy atom. The second-order valence-electron chi connectivity index (χ2n) is 4.28. The lowest BCUT2D eigenvalue weighted by atomic mass is 10.2. The Bertz CT molecular complexity index is 364. The molecule has 0 bridgehead atoms. The highest BCUT2D eigenvalue weighted by atomic mass is 32.1. The molecule has 4 nitrogen and oxygen atoms in total. The Hall–Kier alpha value is -0.910. The van der Waals surface area contributed by atoms with Gasteiger partial charge in [0.25, 0.3) is 0 Å². The zero-order valence-corrected chi connectivity index (χ0v) is 11.0. The number of carbonyl (C=O) groups is 1. The smallest absolute Gasteiger partial charge is 0.306 e. The van der Waals surface area contributed by atoms with Gasteiger partial charge in [0.2, 0.25) is 0 Å². The van der Waals surface area contributed by atoms with Gasteiger partial charge < -0.3 is 15.5 Å². The summed E-state index contributed by atoms with van der Waals surface area (Å²) in [7, 11) is 0. The monoisotopic (exact) mass is 257 g/mol. The molecular weight excluding hydrogens is 238 g/mol. The lowest BCUT2D eigenvalue weighted by molar-refractivity contribution is -0.139. The van der Waals surface area contributed by atoms with Crippen molar-refractivity contribution >= 4 is 17.3 Å². The van der Waals surface area contributed by atoms with E-state index in [4.69, 9.17) is 5.11 Å². The van der Waals surface area contributed by atoms with Crippen molar-refractivity contribution in [1.82, 2.24) is 5.32 Å². The van der Waals surface area contributed by atoms with Crippen molar-refractivity contribution in [3.05, 3.63) is 21.9 Å². The predicted molar refractivity (Wildman–Crippen MR) is 68.5 cm³/mol. The third kappa shape index (κ3) is 5.81. The van der Waals surface area contributed by atoms with E-state index in [0.717, 1.165) is 6.42 Å². The van der Waals surface area contributed by atoms with E-state index in [-0.39, 0.29) is 12.5 Å². The van der Waals surface area contributed by atoms with Crippen LogP contribution in [0.5, 0.6) is 0 Å². The molecule has 0 aliphatic rings. The largest absolute Gasteiger partial charge is 0.481 e. The molecule has 1 aromatic rings. The molecule has 0 saturated heterocycles. The third-order valence-electron chi connectivity index (χ3n) is 2.42. The SMILES string of the molecule is Cc1ccc(CC(C)NCC(O)CC(=O)O)s1. The quantitative estimate of drug-likeness (QED) is 0.691. The average Bonchev–Trinajstić information content (AvgIpc) is 2.60. The first-order valence-corrected chi connectivity index (χ1v) is 6.47. The van der Waals surface area contributed by atoms with Gasteiger partial charge in [0, 0.05) is 22.3 Å². The molecule has 0 fully saturated rings. The van der Waals surface area contributed by atoms with Gasteiger partial charge in [-0.1, -0.05) is 0 Å². The number of hydrogen-bond donors (Lipinski definition) is 3. The van der Waals surface area contributed by atoms with Crippen molar-refractivity contribution in [2.75, 3.05) is 6.54 Å². The maximum Gasteiger partial charge on any atom is 0.306 e. The van der Waals surface area contributed by atoms with Gasteiger partial charge in [0.15, 0.2) is 0 Å². The fraction of sp³-hybridized carbons (Fsp3) is 0.583. The second kappa shape index (κ2) is 6.74. The van der Waals surface area contributed by atoms with Crippen LogP contribution in [0.1, 0.15) is 23.1 Å². The van der Waals surface area contributed by atoms with Gasteiger partial charge in [-0.05, 0) is 32.4 Å². The van der Waals surface area contributed by atoms with Crippen LogP contribution in [-0.4, -0.2) is 34.9 Å². The van der Waals surface area contributed by atoms with Crippen molar-refractivity contribution in [3.63, 3.8) is 0 Å². The molecule has 0 spiro atoms. The fourth-order valence-electron chi connectivity index (χ4n) is 1.58. The van der Waals surface area contributed by atoms with Crippen LogP contribution in [-0.2, 0) is 11.2 Å². The molecule has 5 heteroatoms. The van der Waals surface area contributed by atoms with Crippen LogP contribution in [0.25, 0.3) is 0 Å². The standard InChI is InChI=1S/C12H19NO3S/c1-8(5-11-4-3-9(2)17-11)13-7-10(14)6-12(15)16/h3-4,8,10,13-14H,5-7H2,1-2H3,(H,15,16). The minimum Gasteiger partial charge on any atom is -0.481 e. The highest BCUT2D eigenvalue weighted by Crippen LogP contribution is 2.16. The molecule has 0 amide bonds. The number of carboxylic acids is 1. The predicted octanol–water partition coefficient (Wildman–Crippen LogP) is 1.41. The number of aliphatic carboxylic acids is 1. The second-order valence-corrected chi connectivity index (χ2v) is 5.65. The Morgan fingerprint density at radius 1 is 1.53 bits per heavy atom. The average molecular weight is 257 g/mol. The summed E-state index contributed by atoms with van der Waals surface area (Å²) in [4.78, 5) is 13.0. The summed E-state index contributed by atoms with van der Waals surface area (Å²) in [6.07, 6.45) is -0.129. The number of aliphatic hydroxyl groups is 1. The van der Waals surface area contributed by atoms with Crippen LogP contribution in [0.2, 0.25) is 0 Å². The molecule has 0 aromatic carbocycles. The van der Waals surface area contributed by atoms with E-state index in [1.54, 1.807) is 11.3 Å². The van der Waals surface area contributed by atoms with E-state index >= 15 is 0 Å². The lowest BCUT2D eigenvalue weighted by Crippen LogP contribution is -2.35. The Balaban J connectivity index is 2.25. The van der Waals surface area contributed by atoms with Gasteiger partial charge in [-0.2, -0.15) is 0 Å². The Labute approximate surface area is 105 Å². The van der Waals surface area contributed by atoms with E-state index in [0.29, 0.717) is 6.54 Å². The summed E-state index contributed by atoms with van der Waals surface area (Å²) in [6, 6.07) is 4.43. The van der Waals surface area contributed by atoms with Crippen molar-refractivity contribution < 1.29 is 15.0 Å². The topological polar surface area (TPSA) is 69.6 Å². The molecule has 96 valence electrons. The molecule has 1 rings (SSSR count). The first-order chi connectivity index (χ1) is 7.97. The fourth-order valence-corrected chi connectivity index (χ4v) is 2.60. The highest BCUT2D eigenvalue weighted by Gasteiger charge is 2.11. The minimum absolute atomic E-state index is 0.210. The molecule has 2 unspecified atom stereocenters. The molecule has 1 heterocycles. The van der Waals surface area contributed by atoms with Crippen LogP contribution in [0.3, 0.4) is 0 Å². The number of aliphatic hydroxyl groups excluding tert-OH is 1. The lowest BCUT2D eigenvalue weighted by Gasteiger charge is -2.15. The first-order valence-electron chi connectivity index (χ1n) is 5.66. The summed E-state index contributed by atoms with van der Waals surface area (Å²) in [5.41, 5.74) is 0. The van der Waals surface area contributed by atoms with E-state index < -0.39 is 12.1 Å². The molecule has 0 saturated carbocycles. The molecule has 0 aliphatic heterocycles. The van der Waals surface area contributed by atoms with Gasteiger partial charge in [0.1, 0.15) is 0 Å². The third-order valence-corrected chi connectivity index (χ3v) is 3.44. The molecule has 2 atom stereocenters. The molecular formula is C12H19NO3S. The highest BCUT2D eigenvalue weighted by molar-refractivity contribution is 7.11. The van der Waals surface area contributed by atoms with Crippen LogP contribution in [0.15, 0.2) is 12.1 Å². The van der Waals surface area contributed by atoms with Crippen molar-refractivity contribution in [2.45, 2.75) is 38.8 Å². The Kier molecular flexibility index (Phi) is 5.61. The number of carboxylic acid groups (broad SMARTS) is 1. The van der Waals surface area contributed by atoms with E-state index in [1.165, 1.54) is 9.75 Å². The van der Waals surface area contributed by atoms with Crippen LogP contribution in [0.4, 0.5) is 0 Å². The normalized spacial score (nSPS) is 14.5. The molecule has 3 N–H and O–H groups in total. The number of nitrogens with one attached hydrogen (secondary N) is 1. The number of rotatable bonds is 7. The summed E-state index contributed by atoms with van der Waals surface area (Å²) >= 11 is 1.76. The van der Waals surface area contributed by atoms with E-state index in [9.17, 15) is 9.90 Å². The number of hydrogen-bond acceptors (Lipinski definition) is 4. The van der Waals surface area contributed by atoms with Gasteiger partial charge in [-0.3, -0.25) is 4.79 Å². The van der Waals surface area contributed by atoms with Gasteiger partial charge in [0.05, 0.1) is 12.5 Å². The molecule has 1 aromatic heterocycles. The van der Waals surface area contributed by atoms with Crippen molar-refractivity contribution in [1.29, 1.82) is 0 Å². The first kappa shape index (κ1) is 14.2. The molecule has 17 heavy (non-hydrogen) atoms. The summed E-state index contributed by atoms with van der Waals surface area (Å²) < 4.78 is 0. The zero-order valence-electron chi connectivity index (χ0n) is 10.1. The van der Waals surface area contributed by atoms with E-state index in [1.807, 2.05) is 6.92 Å². The summed E-state index contributed by atoms with van der Waals surface area (Å²) in [5, 5.41) is 21.0. The zero-order chi connectivity index (χ0) is 12.8. The van der Waals surface area contributed by atoms with Crippen LogP contribution >= 0.6 is 11.3 Å². The maximum absolute atomic E-state index is 10.4. The minimum atomic E-state index is -0.971. The summed E-state index contributed by atoms with van der Waals surface area (Å²) in [5.74, 6) is -0.971. The summed E-state index contributed by atoms with van der Waals surface area (Å²) in [6.45, 7) is 4.42. The Morgan fingerprint density at radius 3 is 2.76 bits per heavy atom.